The molecular weight excluding hydrogens is 402 g/mol. The van der Waals surface area contributed by atoms with Crippen molar-refractivity contribution in [2.45, 2.75) is 29.1 Å². The maximum atomic E-state index is 9.96. The Hall–Kier alpha value is 0.480. The first-order valence-corrected chi connectivity index (χ1v) is 7.08. The Morgan fingerprint density at radius 1 is 1.29 bits per heavy atom. The molecule has 0 heterocycles. The molecular formula is C11H14I2O. The smallest absolute Gasteiger partial charge is 0.123 e. The number of benzene rings is 1. The Morgan fingerprint density at radius 2 is 1.86 bits per heavy atom. The van der Waals surface area contributed by atoms with E-state index in [4.69, 9.17) is 0 Å². The molecule has 1 N–H and O–H groups in total. The summed E-state index contributed by atoms with van der Waals surface area (Å²) in [4.78, 5) is 0. The first-order valence-electron chi connectivity index (χ1n) is 4.59. The van der Waals surface area contributed by atoms with Gasteiger partial charge in [-0.3, -0.25) is 0 Å². The molecule has 0 unspecified atom stereocenters. The number of hydrogen-bond acceptors (Lipinski definition) is 1. The van der Waals surface area contributed by atoms with Gasteiger partial charge in [0.1, 0.15) is 5.75 Å². The van der Waals surface area contributed by atoms with Crippen LogP contribution in [0.3, 0.4) is 0 Å². The topological polar surface area (TPSA) is 20.2 Å². The summed E-state index contributed by atoms with van der Waals surface area (Å²) in [6.07, 6.45) is 1.03. The highest BCUT2D eigenvalue weighted by molar-refractivity contribution is 14.2. The summed E-state index contributed by atoms with van der Waals surface area (Å²) in [6, 6.07) is 2.13. The van der Waals surface area contributed by atoms with E-state index in [9.17, 15) is 5.11 Å². The second kappa shape index (κ2) is 5.01. The fraction of sp³-hybridized carbons (Fsp3) is 0.455. The van der Waals surface area contributed by atoms with Gasteiger partial charge in [-0.15, -0.1) is 0 Å². The van der Waals surface area contributed by atoms with Gasteiger partial charge in [-0.2, -0.15) is 0 Å². The van der Waals surface area contributed by atoms with Crippen molar-refractivity contribution in [2.24, 2.45) is 0 Å². The van der Waals surface area contributed by atoms with Crippen molar-refractivity contribution in [3.8, 4) is 5.75 Å². The highest BCUT2D eigenvalue weighted by Crippen LogP contribution is 2.40. The van der Waals surface area contributed by atoms with Gasteiger partial charge >= 0.3 is 0 Å². The molecule has 0 spiro atoms. The van der Waals surface area contributed by atoms with Crippen LogP contribution in [-0.2, 0) is 6.42 Å². The fourth-order valence-electron chi connectivity index (χ4n) is 1.53. The average Bonchev–Trinajstić information content (AvgIpc) is 2.14. The quantitative estimate of drug-likeness (QED) is 0.559. The minimum Gasteiger partial charge on any atom is -0.507 e. The maximum Gasteiger partial charge on any atom is 0.123 e. The van der Waals surface area contributed by atoms with Crippen molar-refractivity contribution in [1.82, 2.24) is 0 Å². The van der Waals surface area contributed by atoms with E-state index in [2.05, 4.69) is 65.1 Å². The summed E-state index contributed by atoms with van der Waals surface area (Å²) in [6.45, 7) is 6.22. The van der Waals surface area contributed by atoms with E-state index in [1.165, 1.54) is 11.1 Å². The molecule has 14 heavy (non-hydrogen) atoms. The molecule has 0 saturated heterocycles. The molecule has 0 aliphatic carbocycles. The van der Waals surface area contributed by atoms with E-state index in [-0.39, 0.29) is 0 Å². The Kier molecular flexibility index (Phi) is 4.49. The molecule has 1 aromatic carbocycles. The van der Waals surface area contributed by atoms with Crippen molar-refractivity contribution in [2.75, 3.05) is 0 Å². The van der Waals surface area contributed by atoms with E-state index in [0.29, 0.717) is 7.68 Å². The third kappa shape index (κ3) is 2.35. The Balaban J connectivity index is 3.40. The van der Waals surface area contributed by atoms with Gasteiger partial charge in [0.15, 0.2) is 0 Å². The van der Waals surface area contributed by atoms with Gasteiger partial charge in [-0.1, -0.05) is 52.1 Å². The predicted octanol–water partition coefficient (Wildman–Crippen LogP) is 4.44. The van der Waals surface area contributed by atoms with Crippen LogP contribution in [0.4, 0.5) is 0 Å². The van der Waals surface area contributed by atoms with Gasteiger partial charge in [0, 0.05) is 5.56 Å². The zero-order valence-corrected chi connectivity index (χ0v) is 12.9. The van der Waals surface area contributed by atoms with Gasteiger partial charge in [-0.05, 0) is 43.0 Å². The number of hydrogen-bond donors (Lipinski definition) is 1. The Morgan fingerprint density at radius 3 is 2.29 bits per heavy atom. The number of aryl methyl sites for hydroxylation is 1. The largest absolute Gasteiger partial charge is 0.507 e. The van der Waals surface area contributed by atoms with Crippen LogP contribution in [-0.4, -0.2) is 5.11 Å². The summed E-state index contributed by atoms with van der Waals surface area (Å²) < 4.78 is 0.329. The van der Waals surface area contributed by atoms with Crippen molar-refractivity contribution < 1.29 is 5.11 Å². The first-order chi connectivity index (χ1) is 6.49. The van der Waals surface area contributed by atoms with Crippen LogP contribution in [0, 0.1) is 13.8 Å². The second-order valence-corrected chi connectivity index (χ2v) is 8.25. The number of halogens is 2. The molecule has 0 bridgehead atoms. The van der Waals surface area contributed by atoms with Gasteiger partial charge in [0.05, 0.1) is 1.93 Å². The Labute approximate surface area is 113 Å². The molecule has 0 atom stereocenters. The summed E-state index contributed by atoms with van der Waals surface area (Å²) in [5.41, 5.74) is 4.64. The van der Waals surface area contributed by atoms with Crippen molar-refractivity contribution in [3.05, 3.63) is 28.3 Å². The van der Waals surface area contributed by atoms with E-state index >= 15 is 0 Å². The minimum atomic E-state index is 0.329. The van der Waals surface area contributed by atoms with Gasteiger partial charge in [0.25, 0.3) is 0 Å². The monoisotopic (exact) mass is 416 g/mol. The standard InChI is InChI=1S/C11H14I2O/c1-4-8-5-9(11(12)13)10(14)7(3)6(8)2/h5,11,14H,4H2,1-3H3. The molecule has 0 aromatic heterocycles. The van der Waals surface area contributed by atoms with Crippen LogP contribution in [0.5, 0.6) is 5.75 Å². The lowest BCUT2D eigenvalue weighted by atomic mass is 9.97. The molecule has 1 rings (SSSR count). The van der Waals surface area contributed by atoms with Crippen LogP contribution in [0.15, 0.2) is 6.07 Å². The molecule has 1 nitrogen and oxygen atoms in total. The molecule has 1 aromatic rings. The normalized spacial score (nSPS) is 11.0. The van der Waals surface area contributed by atoms with E-state index in [0.717, 1.165) is 17.5 Å². The Bertz CT molecular complexity index is 346. The highest BCUT2D eigenvalue weighted by atomic mass is 127. The SMILES string of the molecule is CCc1cc(C(I)I)c(O)c(C)c1C. The van der Waals surface area contributed by atoms with Crippen LogP contribution in [0.2, 0.25) is 0 Å². The first kappa shape index (κ1) is 12.5. The number of alkyl halides is 2. The molecule has 0 aliphatic heterocycles. The second-order valence-electron chi connectivity index (χ2n) is 3.38. The summed E-state index contributed by atoms with van der Waals surface area (Å²) in [5.74, 6) is 0.466. The lowest BCUT2D eigenvalue weighted by Gasteiger charge is -2.14. The maximum absolute atomic E-state index is 9.96. The summed E-state index contributed by atoms with van der Waals surface area (Å²) in [5, 5.41) is 9.96. The summed E-state index contributed by atoms with van der Waals surface area (Å²) in [7, 11) is 0. The highest BCUT2D eigenvalue weighted by Gasteiger charge is 2.14. The molecule has 78 valence electrons. The van der Waals surface area contributed by atoms with Crippen molar-refractivity contribution in [3.63, 3.8) is 0 Å². The third-order valence-electron chi connectivity index (χ3n) is 2.62. The number of aromatic hydroxyl groups is 1. The number of phenolic OH excluding ortho intramolecular Hbond substituents is 1. The third-order valence-corrected chi connectivity index (χ3v) is 3.96. The van der Waals surface area contributed by atoms with Crippen LogP contribution in [0.1, 0.15) is 31.1 Å². The molecule has 0 fully saturated rings. The zero-order valence-electron chi connectivity index (χ0n) is 8.56. The number of phenols is 1. The lowest BCUT2D eigenvalue weighted by molar-refractivity contribution is 0.466. The van der Waals surface area contributed by atoms with Crippen molar-refractivity contribution in [1.29, 1.82) is 0 Å². The van der Waals surface area contributed by atoms with E-state index in [1.807, 2.05) is 6.92 Å². The van der Waals surface area contributed by atoms with Gasteiger partial charge < -0.3 is 5.11 Å². The fourth-order valence-corrected chi connectivity index (χ4v) is 2.48. The van der Waals surface area contributed by atoms with Gasteiger partial charge in [0.2, 0.25) is 0 Å². The molecule has 0 radical (unpaired) electrons. The van der Waals surface area contributed by atoms with Crippen LogP contribution >= 0.6 is 45.2 Å². The summed E-state index contributed by atoms with van der Waals surface area (Å²) >= 11 is 4.64. The molecule has 0 amide bonds. The van der Waals surface area contributed by atoms with Crippen LogP contribution < -0.4 is 0 Å². The minimum absolute atomic E-state index is 0.329. The molecule has 0 saturated carbocycles. The van der Waals surface area contributed by atoms with Crippen LogP contribution in [0.25, 0.3) is 0 Å². The average molecular weight is 416 g/mol. The number of rotatable bonds is 2. The zero-order chi connectivity index (χ0) is 10.9. The lowest BCUT2D eigenvalue weighted by Crippen LogP contribution is -1.95. The van der Waals surface area contributed by atoms with Gasteiger partial charge in [-0.25, -0.2) is 0 Å². The van der Waals surface area contributed by atoms with E-state index in [1.54, 1.807) is 0 Å². The van der Waals surface area contributed by atoms with E-state index < -0.39 is 0 Å². The molecule has 3 heteroatoms. The van der Waals surface area contributed by atoms with Crippen molar-refractivity contribution >= 4 is 45.2 Å². The molecule has 0 aliphatic rings. The predicted molar refractivity (Wildman–Crippen MR) is 77.7 cm³/mol.